The third kappa shape index (κ3) is 3.98. The molecule has 0 atom stereocenters. The lowest BCUT2D eigenvalue weighted by Gasteiger charge is -2.08. The van der Waals surface area contributed by atoms with E-state index < -0.39 is 23.1 Å². The fourth-order valence-electron chi connectivity index (χ4n) is 3.06. The summed E-state index contributed by atoms with van der Waals surface area (Å²) in [4.78, 5) is 12.6. The summed E-state index contributed by atoms with van der Waals surface area (Å²) < 4.78 is 51.2. The molecule has 0 radical (unpaired) electrons. The topological polar surface area (TPSA) is 90.7 Å². The Balaban J connectivity index is 1.59. The average Bonchev–Trinajstić information content (AvgIpc) is 3.28. The number of hydrogen-bond acceptors (Lipinski definition) is 5. The molecule has 0 saturated carbocycles. The number of hydrogen-bond donors (Lipinski definition) is 0. The summed E-state index contributed by atoms with van der Waals surface area (Å²) in [6.07, 6.45) is 1.20. The van der Waals surface area contributed by atoms with Crippen LogP contribution in [0.3, 0.4) is 0 Å². The van der Waals surface area contributed by atoms with Gasteiger partial charge in [0.05, 0.1) is 30.4 Å². The molecule has 32 heavy (non-hydrogen) atoms. The van der Waals surface area contributed by atoms with E-state index in [1.807, 2.05) is 6.07 Å². The summed E-state index contributed by atoms with van der Waals surface area (Å²) in [5.41, 5.74) is -0.405. The van der Waals surface area contributed by atoms with Gasteiger partial charge in [-0.2, -0.15) is 20.1 Å². The fraction of sp³-hybridized carbons (Fsp3) is 0.143. The maximum atomic E-state index is 14.6. The standard InChI is InChI=1S/C21H15F3N6O2/c1-28-20(9-13(27-28)7-8-25)32-19-6-5-14(10-18(19)24)30-21(31)29(12-26-30)11-15-16(22)3-2-4-17(15)23/h2-6,9-10,12H,7,11H2,1H3. The zero-order valence-electron chi connectivity index (χ0n) is 16.7. The number of rotatable bonds is 6. The molecule has 2 aromatic carbocycles. The molecular formula is C21H15F3N6O2. The number of halogens is 3. The Hall–Kier alpha value is -4.33. The van der Waals surface area contributed by atoms with Gasteiger partial charge in [0.2, 0.25) is 5.88 Å². The van der Waals surface area contributed by atoms with Crippen molar-refractivity contribution in [1.82, 2.24) is 24.1 Å². The SMILES string of the molecule is Cn1nc(CC#N)cc1Oc1ccc(-n2ncn(Cc3c(F)cccc3F)c2=O)cc1F. The van der Waals surface area contributed by atoms with Crippen molar-refractivity contribution >= 4 is 0 Å². The molecule has 0 aliphatic carbocycles. The third-order valence-corrected chi connectivity index (χ3v) is 4.65. The summed E-state index contributed by atoms with van der Waals surface area (Å²) in [6.45, 7) is -0.369. The van der Waals surface area contributed by atoms with Gasteiger partial charge in [0.25, 0.3) is 0 Å². The van der Waals surface area contributed by atoms with Crippen LogP contribution in [0, 0.1) is 28.8 Å². The highest BCUT2D eigenvalue weighted by molar-refractivity contribution is 5.39. The Morgan fingerprint density at radius 2 is 1.84 bits per heavy atom. The molecule has 4 aromatic rings. The zero-order valence-corrected chi connectivity index (χ0v) is 16.7. The monoisotopic (exact) mass is 440 g/mol. The number of nitrogens with zero attached hydrogens (tertiary/aromatic N) is 6. The highest BCUT2D eigenvalue weighted by Gasteiger charge is 2.16. The molecule has 0 fully saturated rings. The average molecular weight is 440 g/mol. The second-order valence-corrected chi connectivity index (χ2v) is 6.80. The van der Waals surface area contributed by atoms with E-state index in [0.717, 1.165) is 33.8 Å². The van der Waals surface area contributed by atoms with Crippen molar-refractivity contribution in [2.45, 2.75) is 13.0 Å². The van der Waals surface area contributed by atoms with Gasteiger partial charge in [-0.1, -0.05) is 6.07 Å². The minimum atomic E-state index is -0.787. The summed E-state index contributed by atoms with van der Waals surface area (Å²) >= 11 is 0. The van der Waals surface area contributed by atoms with Gasteiger partial charge >= 0.3 is 5.69 Å². The first-order valence-corrected chi connectivity index (χ1v) is 9.32. The number of aryl methyl sites for hydroxylation is 1. The summed E-state index contributed by atoms with van der Waals surface area (Å²) in [5, 5.41) is 16.7. The van der Waals surface area contributed by atoms with Gasteiger partial charge in [-0.25, -0.2) is 22.6 Å². The smallest absolute Gasteiger partial charge is 0.350 e. The van der Waals surface area contributed by atoms with Crippen molar-refractivity contribution in [3.8, 4) is 23.4 Å². The van der Waals surface area contributed by atoms with Gasteiger partial charge in [0, 0.05) is 24.7 Å². The molecule has 4 rings (SSSR count). The van der Waals surface area contributed by atoms with Crippen LogP contribution >= 0.6 is 0 Å². The molecule has 0 amide bonds. The summed E-state index contributed by atoms with van der Waals surface area (Å²) in [5.74, 6) is -2.24. The second kappa shape index (κ2) is 8.43. The van der Waals surface area contributed by atoms with E-state index in [4.69, 9.17) is 10.00 Å². The van der Waals surface area contributed by atoms with Gasteiger partial charge < -0.3 is 4.74 Å². The molecular weight excluding hydrogens is 425 g/mol. The van der Waals surface area contributed by atoms with Crippen molar-refractivity contribution < 1.29 is 17.9 Å². The van der Waals surface area contributed by atoms with Crippen LogP contribution in [-0.4, -0.2) is 24.1 Å². The number of aromatic nitrogens is 5. The molecule has 2 heterocycles. The van der Waals surface area contributed by atoms with E-state index in [1.165, 1.54) is 28.9 Å². The molecule has 0 N–H and O–H groups in total. The highest BCUT2D eigenvalue weighted by Crippen LogP contribution is 2.26. The van der Waals surface area contributed by atoms with Crippen molar-refractivity contribution in [3.05, 3.63) is 88.0 Å². The van der Waals surface area contributed by atoms with Gasteiger partial charge in [0.1, 0.15) is 18.0 Å². The Morgan fingerprint density at radius 1 is 1.09 bits per heavy atom. The number of benzene rings is 2. The molecule has 0 unspecified atom stereocenters. The van der Waals surface area contributed by atoms with Crippen LogP contribution in [0.4, 0.5) is 13.2 Å². The minimum Gasteiger partial charge on any atom is -0.436 e. The zero-order chi connectivity index (χ0) is 22.8. The molecule has 0 spiro atoms. The van der Waals surface area contributed by atoms with Crippen molar-refractivity contribution in [1.29, 1.82) is 5.26 Å². The van der Waals surface area contributed by atoms with E-state index in [1.54, 1.807) is 7.05 Å². The van der Waals surface area contributed by atoms with E-state index in [-0.39, 0.29) is 35.8 Å². The predicted molar refractivity (Wildman–Crippen MR) is 106 cm³/mol. The molecule has 0 aliphatic heterocycles. The van der Waals surface area contributed by atoms with Crippen LogP contribution in [0.25, 0.3) is 5.69 Å². The normalized spacial score (nSPS) is 10.8. The van der Waals surface area contributed by atoms with E-state index in [9.17, 15) is 18.0 Å². The second-order valence-electron chi connectivity index (χ2n) is 6.80. The van der Waals surface area contributed by atoms with Crippen LogP contribution in [-0.2, 0) is 20.0 Å². The molecule has 2 aromatic heterocycles. The molecule has 0 bridgehead atoms. The van der Waals surface area contributed by atoms with Gasteiger partial charge in [-0.15, -0.1) is 0 Å². The van der Waals surface area contributed by atoms with Crippen LogP contribution in [0.1, 0.15) is 11.3 Å². The highest BCUT2D eigenvalue weighted by atomic mass is 19.1. The first kappa shape index (κ1) is 20.9. The summed E-state index contributed by atoms with van der Waals surface area (Å²) in [6, 6.07) is 10.7. The van der Waals surface area contributed by atoms with Crippen LogP contribution in [0.2, 0.25) is 0 Å². The van der Waals surface area contributed by atoms with Crippen molar-refractivity contribution in [2.75, 3.05) is 0 Å². The van der Waals surface area contributed by atoms with Crippen molar-refractivity contribution in [2.24, 2.45) is 7.05 Å². The predicted octanol–water partition coefficient (Wildman–Crippen LogP) is 3.09. The van der Waals surface area contributed by atoms with Gasteiger partial charge in [-0.3, -0.25) is 4.57 Å². The number of ether oxygens (including phenoxy) is 1. The van der Waals surface area contributed by atoms with E-state index in [2.05, 4.69) is 10.2 Å². The lowest BCUT2D eigenvalue weighted by atomic mass is 10.2. The molecule has 0 saturated heterocycles. The lowest BCUT2D eigenvalue weighted by Crippen LogP contribution is -2.24. The first-order chi connectivity index (χ1) is 15.4. The van der Waals surface area contributed by atoms with Crippen molar-refractivity contribution in [3.63, 3.8) is 0 Å². The maximum Gasteiger partial charge on any atom is 0.350 e. The fourth-order valence-corrected chi connectivity index (χ4v) is 3.06. The Kier molecular flexibility index (Phi) is 5.51. The van der Waals surface area contributed by atoms with Gasteiger partial charge in [-0.05, 0) is 24.3 Å². The first-order valence-electron chi connectivity index (χ1n) is 9.32. The van der Waals surface area contributed by atoms with Crippen LogP contribution in [0.5, 0.6) is 11.6 Å². The van der Waals surface area contributed by atoms with E-state index in [0.29, 0.717) is 5.69 Å². The van der Waals surface area contributed by atoms with Gasteiger partial charge in [0.15, 0.2) is 11.6 Å². The lowest BCUT2D eigenvalue weighted by molar-refractivity contribution is 0.403. The molecule has 0 aliphatic rings. The molecule has 11 heteroatoms. The largest absolute Gasteiger partial charge is 0.436 e. The summed E-state index contributed by atoms with van der Waals surface area (Å²) in [7, 11) is 1.59. The quantitative estimate of drug-likeness (QED) is 0.460. The third-order valence-electron chi connectivity index (χ3n) is 4.65. The maximum absolute atomic E-state index is 14.6. The molecule has 162 valence electrons. The molecule has 8 nitrogen and oxygen atoms in total. The Labute approximate surface area is 179 Å². The Bertz CT molecular complexity index is 1380. The van der Waals surface area contributed by atoms with E-state index >= 15 is 0 Å². The van der Waals surface area contributed by atoms with Crippen LogP contribution in [0.15, 0.2) is 53.6 Å². The Morgan fingerprint density at radius 3 is 2.53 bits per heavy atom. The van der Waals surface area contributed by atoms with Crippen LogP contribution < -0.4 is 10.4 Å². The number of nitriles is 1. The minimum absolute atomic E-state index is 0.0843.